The third kappa shape index (κ3) is 5.42. The molecule has 5 heterocycles. The normalized spacial score (nSPS) is 55.1. The molecule has 4 aliphatic carbocycles. The summed E-state index contributed by atoms with van der Waals surface area (Å²) in [5, 5.41) is 33.7. The second-order valence-corrected chi connectivity index (χ2v) is 18.9. The van der Waals surface area contributed by atoms with Crippen molar-refractivity contribution in [1.82, 2.24) is 42.5 Å². The average Bonchev–Trinajstić information content (AvgIpc) is 3.79. The van der Waals surface area contributed by atoms with Crippen LogP contribution in [0.1, 0.15) is 96.3 Å². The zero-order valence-corrected chi connectivity index (χ0v) is 28.7. The van der Waals surface area contributed by atoms with Crippen LogP contribution in [-0.2, 0) is 8.14 Å². The van der Waals surface area contributed by atoms with Crippen LogP contribution in [0, 0.1) is 47.3 Å². The molecule has 17 unspecified atom stereocenters. The van der Waals surface area contributed by atoms with Crippen molar-refractivity contribution in [2.45, 2.75) is 150 Å². The molecule has 8 bridgehead atoms. The number of fused-ring (bicyclic) bond motifs is 20. The van der Waals surface area contributed by atoms with Crippen LogP contribution in [0.15, 0.2) is 0 Å². The molecule has 0 aromatic rings. The Balaban J connectivity index is 1.06. The molecule has 12 heteroatoms. The Morgan fingerprint density at radius 1 is 0.409 bits per heavy atom. The van der Waals surface area contributed by atoms with E-state index in [0.29, 0.717) is 95.3 Å². The molecule has 0 aromatic carbocycles. The molecular formula is C32H56AlN8O2P. The fourth-order valence-corrected chi connectivity index (χ4v) is 14.8. The van der Waals surface area contributed by atoms with Crippen LogP contribution in [-0.4, -0.2) is 64.9 Å². The Kier molecular flexibility index (Phi) is 8.93. The molecule has 0 radical (unpaired) electrons. The summed E-state index contributed by atoms with van der Waals surface area (Å²) in [5.74, 6) is 5.24. The molecule has 9 fully saturated rings. The van der Waals surface area contributed by atoms with Crippen molar-refractivity contribution in [3.8, 4) is 0 Å². The van der Waals surface area contributed by atoms with Gasteiger partial charge in [-0.2, -0.15) is 0 Å². The number of hydrogen-bond donors (Lipinski definition) is 8. The summed E-state index contributed by atoms with van der Waals surface area (Å²) in [6.07, 6.45) is 22.6. The molecule has 10 nitrogen and oxygen atoms in total. The highest BCUT2D eigenvalue weighted by atomic mass is 31.1. The zero-order chi connectivity index (χ0) is 29.2. The van der Waals surface area contributed by atoms with Gasteiger partial charge in [0.25, 0.3) is 8.69 Å². The van der Waals surface area contributed by atoms with Gasteiger partial charge in [0.15, 0.2) is 0 Å². The fraction of sp³-hybridized carbons (Fsp3) is 1.00. The van der Waals surface area contributed by atoms with Gasteiger partial charge in [0, 0.05) is 0 Å². The Bertz CT molecular complexity index is 1050. The zero-order valence-electron chi connectivity index (χ0n) is 26.4. The molecule has 0 amide bonds. The standard InChI is InChI=1S/C32H55N8.Al.HO2P.H/c1-2-10-18-17(9-1)25-33-26(18)38-28-21-13-5-6-14-22(21)30(35-28)40-32-24-16-8-7-15-23(24)31(36-32)39-29-20-12-4-3-11-19(20)27(34-29)37-25;;1-3-2;/h9,17-40H,1-8,10-16H2;;(H,1,2);/q;+1;;/p-1. The Morgan fingerprint density at radius 3 is 1.09 bits per heavy atom. The maximum atomic E-state index is 11.4. The predicted octanol–water partition coefficient (Wildman–Crippen LogP) is 2.58. The van der Waals surface area contributed by atoms with Crippen LogP contribution in [0.2, 0.25) is 4.78 Å². The van der Waals surface area contributed by atoms with Gasteiger partial charge in [-0.3, -0.25) is 42.5 Å². The van der Waals surface area contributed by atoms with Gasteiger partial charge < -0.3 is 3.58 Å². The lowest BCUT2D eigenvalue weighted by Gasteiger charge is -2.39. The highest BCUT2D eigenvalue weighted by Gasteiger charge is 2.55. The number of rotatable bonds is 3. The summed E-state index contributed by atoms with van der Waals surface area (Å²) in [6.45, 7) is 0. The van der Waals surface area contributed by atoms with E-state index in [1.54, 1.807) is 0 Å². The number of hydrogen-bond acceptors (Lipinski definition) is 10. The highest BCUT2D eigenvalue weighted by Crippen LogP contribution is 2.48. The highest BCUT2D eigenvalue weighted by molar-refractivity contribution is 7.19. The lowest BCUT2D eigenvalue weighted by atomic mass is 9.76. The first-order valence-electron chi connectivity index (χ1n) is 18.8. The summed E-state index contributed by atoms with van der Waals surface area (Å²) in [7, 11) is -0.124. The summed E-state index contributed by atoms with van der Waals surface area (Å²) < 4.78 is 17.7. The van der Waals surface area contributed by atoms with Crippen molar-refractivity contribution >= 4 is 24.2 Å². The third-order valence-electron chi connectivity index (χ3n) is 14.4. The van der Waals surface area contributed by atoms with Gasteiger partial charge in [-0.15, -0.1) is 0 Å². The molecule has 244 valence electrons. The van der Waals surface area contributed by atoms with Gasteiger partial charge in [0.1, 0.15) is 0 Å². The molecule has 0 spiro atoms. The lowest BCUT2D eigenvalue weighted by Crippen LogP contribution is -2.61. The van der Waals surface area contributed by atoms with Crippen LogP contribution in [0.5, 0.6) is 0 Å². The quantitative estimate of drug-likeness (QED) is 0.172. The van der Waals surface area contributed by atoms with E-state index >= 15 is 0 Å². The van der Waals surface area contributed by atoms with Crippen LogP contribution in [0.3, 0.4) is 0 Å². The van der Waals surface area contributed by atoms with Crippen LogP contribution >= 0.6 is 8.69 Å². The molecule has 44 heavy (non-hydrogen) atoms. The van der Waals surface area contributed by atoms with Crippen molar-refractivity contribution in [2.75, 3.05) is 0 Å². The molecule has 17 atom stereocenters. The average molecular weight is 643 g/mol. The summed E-state index contributed by atoms with van der Waals surface area (Å²) in [6, 6.07) is 0. The first-order chi connectivity index (χ1) is 21.7. The first kappa shape index (κ1) is 30.3. The summed E-state index contributed by atoms with van der Waals surface area (Å²) in [4.78, 5) is 0. The van der Waals surface area contributed by atoms with Gasteiger partial charge in [-0.05, 0) is 92.3 Å². The first-order valence-corrected chi connectivity index (χ1v) is 20.9. The van der Waals surface area contributed by atoms with Crippen molar-refractivity contribution in [1.29, 1.82) is 0 Å². The molecule has 5 aliphatic heterocycles. The van der Waals surface area contributed by atoms with E-state index in [1.807, 2.05) is 0 Å². The van der Waals surface area contributed by atoms with Gasteiger partial charge >= 0.3 is 15.6 Å². The topological polar surface area (TPSA) is 123 Å². The minimum absolute atomic E-state index is 0.124. The van der Waals surface area contributed by atoms with E-state index in [-0.39, 0.29) is 14.9 Å². The maximum absolute atomic E-state index is 11.4. The molecule has 9 aliphatic rings. The Morgan fingerprint density at radius 2 is 0.727 bits per heavy atom. The van der Waals surface area contributed by atoms with Gasteiger partial charge in [-0.1, -0.05) is 56.1 Å². The van der Waals surface area contributed by atoms with Gasteiger partial charge in [-0.25, -0.2) is 4.57 Å². The smallest absolute Gasteiger partial charge is 0.425 e. The second kappa shape index (κ2) is 13.0. The molecule has 9 rings (SSSR count). The summed E-state index contributed by atoms with van der Waals surface area (Å²) in [5.41, 5.74) is 0. The Labute approximate surface area is 272 Å². The van der Waals surface area contributed by atoms with E-state index in [4.69, 9.17) is 3.58 Å². The van der Waals surface area contributed by atoms with E-state index < -0.39 is 15.6 Å². The molecule has 4 saturated carbocycles. The van der Waals surface area contributed by atoms with E-state index in [1.165, 1.54) is 96.3 Å². The molecular weight excluding hydrogens is 586 g/mol. The Hall–Kier alpha value is 0.272. The summed E-state index contributed by atoms with van der Waals surface area (Å²) >= 11 is -0.873. The second-order valence-electron chi connectivity index (χ2n) is 16.3. The van der Waals surface area contributed by atoms with E-state index in [2.05, 4.69) is 42.5 Å². The van der Waals surface area contributed by atoms with Crippen LogP contribution in [0.4, 0.5) is 0 Å². The van der Waals surface area contributed by atoms with E-state index in [9.17, 15) is 4.57 Å². The lowest BCUT2D eigenvalue weighted by molar-refractivity contribution is 0.166. The largest absolute Gasteiger partial charge is 0.455 e. The molecule has 0 aromatic heterocycles. The predicted molar refractivity (Wildman–Crippen MR) is 172 cm³/mol. The fourth-order valence-electron chi connectivity index (χ4n) is 12.5. The van der Waals surface area contributed by atoms with E-state index in [0.717, 1.165) is 0 Å². The SMILES string of the molecule is O=P[O][AlH][CH]1CCCC2C3NC4NC(NC5NC(NC6NC(NC(N3)C12)C1CCCCC61)C1CCCCC51)C1CCCCC41. The van der Waals surface area contributed by atoms with Crippen LogP contribution < -0.4 is 42.5 Å². The van der Waals surface area contributed by atoms with Crippen LogP contribution in [0.25, 0.3) is 0 Å². The molecule has 8 N–H and O–H groups in total. The number of nitrogens with one attached hydrogen (secondary N) is 8. The molecule has 5 saturated heterocycles. The van der Waals surface area contributed by atoms with Crippen molar-refractivity contribution in [2.24, 2.45) is 47.3 Å². The third-order valence-corrected chi connectivity index (χ3v) is 16.8. The van der Waals surface area contributed by atoms with Gasteiger partial charge in [0.2, 0.25) is 0 Å². The van der Waals surface area contributed by atoms with Gasteiger partial charge in [0.05, 0.1) is 49.3 Å². The van der Waals surface area contributed by atoms with Crippen molar-refractivity contribution in [3.63, 3.8) is 0 Å². The minimum Gasteiger partial charge on any atom is -0.425 e. The van der Waals surface area contributed by atoms with Crippen molar-refractivity contribution < 1.29 is 8.14 Å². The monoisotopic (exact) mass is 642 g/mol. The maximum Gasteiger partial charge on any atom is 0.455 e. The minimum atomic E-state index is -0.873. The van der Waals surface area contributed by atoms with Crippen molar-refractivity contribution in [3.05, 3.63) is 0 Å².